The van der Waals surface area contributed by atoms with Crippen molar-refractivity contribution in [3.8, 4) is 6.07 Å². The van der Waals surface area contributed by atoms with Crippen LogP contribution in [0, 0.1) is 11.3 Å². The molecular weight excluding hydrogens is 211 g/mol. The molecule has 66 valence electrons. The van der Waals surface area contributed by atoms with Crippen molar-refractivity contribution in [3.63, 3.8) is 0 Å². The zero-order valence-corrected chi connectivity index (χ0v) is 7.86. The number of amides is 1. The molecule has 0 saturated heterocycles. The Hall–Kier alpha value is -1.24. The van der Waals surface area contributed by atoms with E-state index in [1.165, 1.54) is 12.1 Å². The van der Waals surface area contributed by atoms with E-state index >= 15 is 0 Å². The minimum Gasteiger partial charge on any atom is -0.366 e. The third-order valence-corrected chi connectivity index (χ3v) is 2.27. The number of primary amides is 1. The molecule has 13 heavy (non-hydrogen) atoms. The van der Waals surface area contributed by atoms with Gasteiger partial charge in [-0.2, -0.15) is 5.26 Å². The van der Waals surface area contributed by atoms with Crippen molar-refractivity contribution in [1.29, 1.82) is 5.26 Å². The Morgan fingerprint density at radius 1 is 1.46 bits per heavy atom. The molecule has 0 aliphatic heterocycles. The SMILES string of the molecule is N#Cc1ccc(Cl)c(Cl)c1C(N)=O. The van der Waals surface area contributed by atoms with E-state index in [1.54, 1.807) is 6.07 Å². The molecule has 2 N–H and O–H groups in total. The number of benzene rings is 1. The van der Waals surface area contributed by atoms with E-state index in [9.17, 15) is 4.79 Å². The second kappa shape index (κ2) is 3.65. The molecular formula is C8H4Cl2N2O. The van der Waals surface area contributed by atoms with E-state index in [1.807, 2.05) is 0 Å². The average molecular weight is 215 g/mol. The molecule has 0 bridgehead atoms. The molecule has 3 nitrogen and oxygen atoms in total. The van der Waals surface area contributed by atoms with Gasteiger partial charge in [-0.3, -0.25) is 4.79 Å². The van der Waals surface area contributed by atoms with Crippen molar-refractivity contribution in [3.05, 3.63) is 33.3 Å². The molecule has 0 radical (unpaired) electrons. The van der Waals surface area contributed by atoms with Crippen LogP contribution in [0.4, 0.5) is 0 Å². The first-order valence-corrected chi connectivity index (χ1v) is 4.01. The van der Waals surface area contributed by atoms with E-state index in [0.717, 1.165) is 0 Å². The van der Waals surface area contributed by atoms with Gasteiger partial charge in [0.2, 0.25) is 0 Å². The number of hydrogen-bond acceptors (Lipinski definition) is 2. The molecule has 1 amide bonds. The average Bonchev–Trinajstić information content (AvgIpc) is 2.08. The van der Waals surface area contributed by atoms with Crippen molar-refractivity contribution < 1.29 is 4.79 Å². The second-order valence-electron chi connectivity index (χ2n) is 2.26. The highest BCUT2D eigenvalue weighted by Crippen LogP contribution is 2.27. The molecule has 0 unspecified atom stereocenters. The molecule has 0 saturated carbocycles. The fraction of sp³-hybridized carbons (Fsp3) is 0. The molecule has 0 fully saturated rings. The highest BCUT2D eigenvalue weighted by atomic mass is 35.5. The topological polar surface area (TPSA) is 66.9 Å². The number of carbonyl (C=O) groups is 1. The Morgan fingerprint density at radius 3 is 2.54 bits per heavy atom. The van der Waals surface area contributed by atoms with Gasteiger partial charge >= 0.3 is 0 Å². The lowest BCUT2D eigenvalue weighted by atomic mass is 10.1. The summed E-state index contributed by atoms with van der Waals surface area (Å²) in [7, 11) is 0. The number of nitrogens with zero attached hydrogens (tertiary/aromatic N) is 1. The summed E-state index contributed by atoms with van der Waals surface area (Å²) in [5.74, 6) is -0.760. The van der Waals surface area contributed by atoms with E-state index in [-0.39, 0.29) is 21.2 Å². The van der Waals surface area contributed by atoms with Crippen LogP contribution in [0.5, 0.6) is 0 Å². The highest BCUT2D eigenvalue weighted by Gasteiger charge is 2.14. The Kier molecular flexibility index (Phi) is 2.76. The van der Waals surface area contributed by atoms with Gasteiger partial charge in [-0.15, -0.1) is 0 Å². The zero-order chi connectivity index (χ0) is 10.0. The standard InChI is InChI=1S/C8H4Cl2N2O/c9-5-2-1-4(3-11)6(7(5)10)8(12)13/h1-2H,(H2,12,13). The minimum absolute atomic E-state index is 0.0215. The quantitative estimate of drug-likeness (QED) is 0.777. The number of carbonyl (C=O) groups excluding carboxylic acids is 1. The van der Waals surface area contributed by atoms with Crippen LogP contribution in [0.25, 0.3) is 0 Å². The Morgan fingerprint density at radius 2 is 2.08 bits per heavy atom. The van der Waals surface area contributed by atoms with Crippen molar-refractivity contribution >= 4 is 29.1 Å². The first-order chi connectivity index (χ1) is 6.07. The number of rotatable bonds is 1. The third kappa shape index (κ3) is 1.74. The van der Waals surface area contributed by atoms with Crippen LogP contribution in [-0.2, 0) is 0 Å². The van der Waals surface area contributed by atoms with Crippen LogP contribution in [0.15, 0.2) is 12.1 Å². The van der Waals surface area contributed by atoms with Gasteiger partial charge in [-0.25, -0.2) is 0 Å². The Labute approximate surface area is 84.7 Å². The van der Waals surface area contributed by atoms with Crippen LogP contribution in [-0.4, -0.2) is 5.91 Å². The second-order valence-corrected chi connectivity index (χ2v) is 3.05. The summed E-state index contributed by atoms with van der Waals surface area (Å²) in [6.07, 6.45) is 0. The van der Waals surface area contributed by atoms with E-state index < -0.39 is 5.91 Å². The van der Waals surface area contributed by atoms with Crippen LogP contribution >= 0.6 is 23.2 Å². The van der Waals surface area contributed by atoms with Crippen molar-refractivity contribution in [1.82, 2.24) is 0 Å². The molecule has 5 heteroatoms. The van der Waals surface area contributed by atoms with Crippen LogP contribution in [0.3, 0.4) is 0 Å². The molecule has 0 heterocycles. The summed E-state index contributed by atoms with van der Waals surface area (Å²) in [6.45, 7) is 0. The van der Waals surface area contributed by atoms with Gasteiger partial charge in [-0.05, 0) is 12.1 Å². The summed E-state index contributed by atoms with van der Waals surface area (Å²) in [5.41, 5.74) is 5.12. The molecule has 0 aliphatic carbocycles. The molecule has 0 atom stereocenters. The van der Waals surface area contributed by atoms with Gasteiger partial charge in [0.1, 0.15) is 6.07 Å². The predicted molar refractivity (Wildman–Crippen MR) is 49.7 cm³/mol. The monoisotopic (exact) mass is 214 g/mol. The number of nitrogens with two attached hydrogens (primary N) is 1. The fourth-order valence-electron chi connectivity index (χ4n) is 0.885. The lowest BCUT2D eigenvalue weighted by molar-refractivity contribution is 0.1000. The summed E-state index contributed by atoms with van der Waals surface area (Å²) in [4.78, 5) is 10.9. The van der Waals surface area contributed by atoms with E-state index in [2.05, 4.69) is 0 Å². The number of nitriles is 1. The van der Waals surface area contributed by atoms with Gasteiger partial charge in [0.15, 0.2) is 0 Å². The largest absolute Gasteiger partial charge is 0.366 e. The number of halogens is 2. The van der Waals surface area contributed by atoms with Crippen LogP contribution < -0.4 is 5.73 Å². The lowest BCUT2D eigenvalue weighted by Gasteiger charge is -2.03. The molecule has 0 aromatic heterocycles. The normalized spacial score (nSPS) is 9.31. The highest BCUT2D eigenvalue weighted by molar-refractivity contribution is 6.44. The maximum Gasteiger partial charge on any atom is 0.251 e. The smallest absolute Gasteiger partial charge is 0.251 e. The van der Waals surface area contributed by atoms with E-state index in [4.69, 9.17) is 34.2 Å². The summed E-state index contributed by atoms with van der Waals surface area (Å²) in [5, 5.41) is 8.85. The molecule has 0 aliphatic rings. The van der Waals surface area contributed by atoms with Crippen LogP contribution in [0.1, 0.15) is 15.9 Å². The van der Waals surface area contributed by atoms with Gasteiger partial charge in [0, 0.05) is 0 Å². The van der Waals surface area contributed by atoms with Crippen molar-refractivity contribution in [2.45, 2.75) is 0 Å². The van der Waals surface area contributed by atoms with Crippen molar-refractivity contribution in [2.75, 3.05) is 0 Å². The molecule has 1 rings (SSSR count). The lowest BCUT2D eigenvalue weighted by Crippen LogP contribution is -2.13. The van der Waals surface area contributed by atoms with Gasteiger partial charge in [-0.1, -0.05) is 23.2 Å². The third-order valence-electron chi connectivity index (χ3n) is 1.46. The first kappa shape index (κ1) is 9.85. The predicted octanol–water partition coefficient (Wildman–Crippen LogP) is 1.96. The van der Waals surface area contributed by atoms with Gasteiger partial charge in [0.05, 0.1) is 21.2 Å². The van der Waals surface area contributed by atoms with Gasteiger partial charge < -0.3 is 5.73 Å². The van der Waals surface area contributed by atoms with Gasteiger partial charge in [0.25, 0.3) is 5.91 Å². The Bertz CT molecular complexity index is 409. The summed E-state index contributed by atoms with van der Waals surface area (Å²) >= 11 is 11.3. The Balaban J connectivity index is 3.53. The molecule has 1 aromatic rings. The molecule has 0 spiro atoms. The minimum atomic E-state index is -0.760. The maximum atomic E-state index is 10.9. The van der Waals surface area contributed by atoms with Crippen LogP contribution in [0.2, 0.25) is 10.0 Å². The summed E-state index contributed by atoms with van der Waals surface area (Å²) < 4.78 is 0. The fourth-order valence-corrected chi connectivity index (χ4v) is 1.30. The molecule has 1 aromatic carbocycles. The number of hydrogen-bond donors (Lipinski definition) is 1. The first-order valence-electron chi connectivity index (χ1n) is 3.26. The van der Waals surface area contributed by atoms with Crippen molar-refractivity contribution in [2.24, 2.45) is 5.73 Å². The zero-order valence-electron chi connectivity index (χ0n) is 6.34. The maximum absolute atomic E-state index is 10.9. The van der Waals surface area contributed by atoms with E-state index in [0.29, 0.717) is 0 Å². The summed E-state index contributed by atoms with van der Waals surface area (Å²) in [6, 6.07) is 4.64.